The molecule has 0 aliphatic rings. The Morgan fingerprint density at radius 2 is 1.12 bits per heavy atom. The number of rotatable bonds is 2. The van der Waals surface area contributed by atoms with Crippen molar-refractivity contribution in [2.45, 2.75) is 13.8 Å². The lowest BCUT2D eigenvalue weighted by atomic mass is 10.5. The van der Waals surface area contributed by atoms with Crippen LogP contribution in [0.5, 0.6) is 0 Å². The lowest BCUT2D eigenvalue weighted by Gasteiger charge is -1.94. The van der Waals surface area contributed by atoms with Crippen LogP contribution in [-0.4, -0.2) is 39.0 Å². The fourth-order valence-corrected chi connectivity index (χ4v) is 2.28. The summed E-state index contributed by atoms with van der Waals surface area (Å²) in [5.74, 6) is 0.821. The quantitative estimate of drug-likeness (QED) is 0.558. The molecule has 132 valence electrons. The zero-order valence-corrected chi connectivity index (χ0v) is 14.4. The van der Waals surface area contributed by atoms with Crippen molar-refractivity contribution in [1.29, 1.82) is 0 Å². The van der Waals surface area contributed by atoms with Gasteiger partial charge in [0.25, 0.3) is 0 Å². The summed E-state index contributed by atoms with van der Waals surface area (Å²) in [6, 6.07) is 0. The Bertz CT molecular complexity index is 1000. The number of anilines is 2. The summed E-state index contributed by atoms with van der Waals surface area (Å²) in [6.07, 6.45) is 13.7. The molecule has 0 radical (unpaired) electrons. The van der Waals surface area contributed by atoms with Gasteiger partial charge in [0.15, 0.2) is 34.0 Å². The smallest absolute Gasteiger partial charge is 0.169 e. The van der Waals surface area contributed by atoms with E-state index < -0.39 is 0 Å². The van der Waals surface area contributed by atoms with Crippen molar-refractivity contribution in [2.75, 3.05) is 11.5 Å². The first-order valence-corrected chi connectivity index (χ1v) is 7.77. The second kappa shape index (κ2) is 7.38. The van der Waals surface area contributed by atoms with Crippen molar-refractivity contribution in [3.8, 4) is 0 Å². The standard InChI is InChI=1S/2C8H9N5/c2*1-2-3-13-5-12-6-7(9)10-4-11-8(6)13/h2*2-5H,1H3,(H2,9,10,11)/b3-2+;3-2-. The van der Waals surface area contributed by atoms with Gasteiger partial charge in [-0.15, -0.1) is 0 Å². The van der Waals surface area contributed by atoms with Gasteiger partial charge < -0.3 is 11.5 Å². The number of hydrogen-bond donors (Lipinski definition) is 2. The van der Waals surface area contributed by atoms with Crippen LogP contribution in [0.2, 0.25) is 0 Å². The minimum atomic E-state index is 0.410. The number of nitrogen functional groups attached to an aromatic ring is 2. The highest BCUT2D eigenvalue weighted by molar-refractivity contribution is 5.83. The molecular weight excluding hydrogens is 332 g/mol. The van der Waals surface area contributed by atoms with Gasteiger partial charge in [-0.1, -0.05) is 12.2 Å². The van der Waals surface area contributed by atoms with Gasteiger partial charge in [0.05, 0.1) is 0 Å². The van der Waals surface area contributed by atoms with E-state index in [2.05, 4.69) is 29.9 Å². The summed E-state index contributed by atoms with van der Waals surface area (Å²) in [7, 11) is 0. The van der Waals surface area contributed by atoms with E-state index in [4.69, 9.17) is 11.5 Å². The number of aromatic nitrogens is 8. The molecule has 4 aromatic heterocycles. The van der Waals surface area contributed by atoms with Crippen LogP contribution < -0.4 is 11.5 Å². The summed E-state index contributed by atoms with van der Waals surface area (Å²) in [5.41, 5.74) is 14.0. The van der Waals surface area contributed by atoms with Gasteiger partial charge in [0.1, 0.15) is 25.3 Å². The molecule has 0 aliphatic carbocycles. The first kappa shape index (κ1) is 17.0. The summed E-state index contributed by atoms with van der Waals surface area (Å²) in [6.45, 7) is 3.85. The van der Waals surface area contributed by atoms with Crippen LogP contribution in [0, 0.1) is 0 Å². The number of imidazole rings is 2. The molecule has 4 aromatic rings. The maximum atomic E-state index is 5.61. The molecule has 0 unspecified atom stereocenters. The molecule has 0 amide bonds. The molecular formula is C16H18N10. The second-order valence-electron chi connectivity index (χ2n) is 5.13. The SMILES string of the molecule is C/C=C/n1cnc2c(N)ncnc21.C/C=C\n1cnc2c(N)ncnc21. The van der Waals surface area contributed by atoms with Crippen LogP contribution >= 0.6 is 0 Å². The molecule has 4 N–H and O–H groups in total. The normalized spacial score (nSPS) is 11.5. The van der Waals surface area contributed by atoms with Gasteiger partial charge in [-0.25, -0.2) is 29.9 Å². The van der Waals surface area contributed by atoms with Crippen molar-refractivity contribution in [1.82, 2.24) is 39.0 Å². The lowest BCUT2D eigenvalue weighted by Crippen LogP contribution is -1.93. The van der Waals surface area contributed by atoms with Crippen molar-refractivity contribution in [2.24, 2.45) is 0 Å². The Morgan fingerprint density at radius 3 is 1.50 bits per heavy atom. The van der Waals surface area contributed by atoms with Crippen LogP contribution in [0.4, 0.5) is 11.6 Å². The second-order valence-corrected chi connectivity index (χ2v) is 5.13. The van der Waals surface area contributed by atoms with Gasteiger partial charge >= 0.3 is 0 Å². The zero-order chi connectivity index (χ0) is 18.5. The van der Waals surface area contributed by atoms with E-state index in [0.29, 0.717) is 22.7 Å². The van der Waals surface area contributed by atoms with E-state index >= 15 is 0 Å². The number of nitrogens with zero attached hydrogens (tertiary/aromatic N) is 8. The Balaban J connectivity index is 0.000000151. The molecule has 4 rings (SSSR count). The predicted molar refractivity (Wildman–Crippen MR) is 101 cm³/mol. The third kappa shape index (κ3) is 3.20. The molecule has 10 nitrogen and oxygen atoms in total. The highest BCUT2D eigenvalue weighted by Gasteiger charge is 2.05. The fourth-order valence-electron chi connectivity index (χ4n) is 2.28. The third-order valence-corrected chi connectivity index (χ3v) is 3.39. The third-order valence-electron chi connectivity index (χ3n) is 3.39. The van der Waals surface area contributed by atoms with Crippen LogP contribution in [-0.2, 0) is 0 Å². The van der Waals surface area contributed by atoms with Crippen LogP contribution in [0.25, 0.3) is 34.7 Å². The molecule has 0 spiro atoms. The predicted octanol–water partition coefficient (Wildman–Crippen LogP) is 1.80. The maximum Gasteiger partial charge on any atom is 0.169 e. The van der Waals surface area contributed by atoms with Crippen LogP contribution in [0.1, 0.15) is 13.8 Å². The number of hydrogen-bond acceptors (Lipinski definition) is 8. The zero-order valence-electron chi connectivity index (χ0n) is 14.4. The highest BCUT2D eigenvalue weighted by Crippen LogP contribution is 2.14. The Hall–Kier alpha value is -3.82. The molecule has 0 aromatic carbocycles. The van der Waals surface area contributed by atoms with Crippen molar-refractivity contribution in [3.63, 3.8) is 0 Å². The van der Waals surface area contributed by atoms with Crippen LogP contribution in [0.15, 0.2) is 37.5 Å². The molecule has 0 saturated carbocycles. The maximum absolute atomic E-state index is 5.61. The average molecular weight is 350 g/mol. The van der Waals surface area contributed by atoms with Gasteiger partial charge in [-0.2, -0.15) is 0 Å². The Kier molecular flexibility index (Phi) is 4.83. The first-order valence-electron chi connectivity index (χ1n) is 7.77. The Morgan fingerprint density at radius 1 is 0.692 bits per heavy atom. The minimum absolute atomic E-state index is 0.410. The van der Waals surface area contributed by atoms with E-state index in [1.54, 1.807) is 21.8 Å². The van der Waals surface area contributed by atoms with Gasteiger partial charge in [-0.05, 0) is 13.8 Å². The summed E-state index contributed by atoms with van der Waals surface area (Å²) in [5, 5.41) is 0. The number of nitrogens with two attached hydrogens (primary N) is 2. The average Bonchev–Trinajstić information content (AvgIpc) is 3.23. The first-order chi connectivity index (χ1) is 12.7. The van der Waals surface area contributed by atoms with E-state index in [9.17, 15) is 0 Å². The molecule has 0 saturated heterocycles. The van der Waals surface area contributed by atoms with E-state index in [-0.39, 0.29) is 0 Å². The van der Waals surface area contributed by atoms with Crippen molar-refractivity contribution in [3.05, 3.63) is 37.5 Å². The molecule has 0 atom stereocenters. The van der Waals surface area contributed by atoms with Gasteiger partial charge in [0.2, 0.25) is 0 Å². The van der Waals surface area contributed by atoms with Gasteiger partial charge in [0, 0.05) is 12.4 Å². The van der Waals surface area contributed by atoms with E-state index in [1.165, 1.54) is 12.7 Å². The van der Waals surface area contributed by atoms with Crippen LogP contribution in [0.3, 0.4) is 0 Å². The monoisotopic (exact) mass is 350 g/mol. The van der Waals surface area contributed by atoms with Crippen molar-refractivity contribution >= 4 is 46.4 Å². The minimum Gasteiger partial charge on any atom is -0.382 e. The molecule has 4 heterocycles. The largest absolute Gasteiger partial charge is 0.382 e. The molecule has 0 fully saturated rings. The molecule has 0 aliphatic heterocycles. The summed E-state index contributed by atoms with van der Waals surface area (Å²) >= 11 is 0. The van der Waals surface area contributed by atoms with E-state index in [0.717, 1.165) is 11.3 Å². The van der Waals surface area contributed by atoms with Crippen molar-refractivity contribution < 1.29 is 0 Å². The summed E-state index contributed by atoms with van der Waals surface area (Å²) in [4.78, 5) is 24.0. The van der Waals surface area contributed by atoms with E-state index in [1.807, 2.05) is 38.4 Å². The number of allylic oxidation sites excluding steroid dienone is 2. The number of fused-ring (bicyclic) bond motifs is 2. The molecule has 26 heavy (non-hydrogen) atoms. The topological polar surface area (TPSA) is 139 Å². The molecule has 0 bridgehead atoms. The summed E-state index contributed by atoms with van der Waals surface area (Å²) < 4.78 is 3.60. The molecule has 10 heteroatoms. The fraction of sp³-hybridized carbons (Fsp3) is 0.125. The van der Waals surface area contributed by atoms with Gasteiger partial charge in [-0.3, -0.25) is 9.13 Å². The Labute approximate surface area is 149 Å². The lowest BCUT2D eigenvalue weighted by molar-refractivity contribution is 1.12. The highest BCUT2D eigenvalue weighted by atomic mass is 15.1.